The van der Waals surface area contributed by atoms with Crippen molar-refractivity contribution in [2.24, 2.45) is 0 Å². The number of hydrogen-bond acceptors (Lipinski definition) is 3. The number of amides is 1. The van der Waals surface area contributed by atoms with Crippen molar-refractivity contribution >= 4 is 11.7 Å². The molecule has 2 aromatic rings. The van der Waals surface area contributed by atoms with Crippen LogP contribution in [0.2, 0.25) is 0 Å². The monoisotopic (exact) mass is 394 g/mol. The smallest absolute Gasteiger partial charge is 0.363 e. The highest BCUT2D eigenvalue weighted by Crippen LogP contribution is 2.44. The molecule has 1 aliphatic heterocycles. The van der Waals surface area contributed by atoms with Gasteiger partial charge in [-0.3, -0.25) is 4.79 Å². The quantitative estimate of drug-likeness (QED) is 0.807. The number of rotatable bonds is 5. The summed E-state index contributed by atoms with van der Waals surface area (Å²) in [5.41, 5.74) is 2.06. The highest BCUT2D eigenvalue weighted by Gasteiger charge is 2.47. The largest absolute Gasteiger partial charge is 0.410 e. The van der Waals surface area contributed by atoms with E-state index in [1.165, 1.54) is 6.20 Å². The number of anilines is 1. The van der Waals surface area contributed by atoms with Crippen LogP contribution in [0.5, 0.6) is 0 Å². The first-order valence-corrected chi connectivity index (χ1v) is 9.58. The van der Waals surface area contributed by atoms with Crippen LogP contribution >= 0.6 is 0 Å². The lowest BCUT2D eigenvalue weighted by Crippen LogP contribution is -2.37. The van der Waals surface area contributed by atoms with Gasteiger partial charge in [-0.15, -0.1) is 0 Å². The van der Waals surface area contributed by atoms with Crippen LogP contribution in [0.3, 0.4) is 0 Å². The summed E-state index contributed by atoms with van der Waals surface area (Å²) in [6.07, 6.45) is -2.54. The standard InChI is InChI=1S/C20H25F3N4O/c1-4-13-7-9-14(10-8-13)16-11-17(20(21,22)23)27-18(25-16)15(12-24-27)19(28)26(5-2)6-3/h7-10,12,16-17,25H,4-6,11H2,1-3H3/t16-,17+/m1/s1. The fourth-order valence-electron chi connectivity index (χ4n) is 3.60. The highest BCUT2D eigenvalue weighted by molar-refractivity contribution is 5.98. The summed E-state index contributed by atoms with van der Waals surface area (Å²) in [5.74, 6) is -0.184. The average Bonchev–Trinajstić information content (AvgIpc) is 3.11. The van der Waals surface area contributed by atoms with Crippen molar-refractivity contribution in [1.82, 2.24) is 14.7 Å². The van der Waals surface area contributed by atoms with Gasteiger partial charge in [0.15, 0.2) is 6.04 Å². The number of benzene rings is 1. The Kier molecular flexibility index (Phi) is 5.67. The maximum Gasteiger partial charge on any atom is 0.410 e. The first-order chi connectivity index (χ1) is 13.3. The van der Waals surface area contributed by atoms with E-state index >= 15 is 0 Å². The molecule has 152 valence electrons. The van der Waals surface area contributed by atoms with Gasteiger partial charge in [0.1, 0.15) is 11.4 Å². The summed E-state index contributed by atoms with van der Waals surface area (Å²) in [6.45, 7) is 6.65. The summed E-state index contributed by atoms with van der Waals surface area (Å²) < 4.78 is 42.1. The second kappa shape index (κ2) is 7.85. The second-order valence-electron chi connectivity index (χ2n) is 6.91. The Bertz CT molecular complexity index is 825. The van der Waals surface area contributed by atoms with Gasteiger partial charge in [-0.25, -0.2) is 4.68 Å². The molecule has 0 saturated carbocycles. The lowest BCUT2D eigenvalue weighted by Gasteiger charge is -2.34. The molecular weight excluding hydrogens is 369 g/mol. The van der Waals surface area contributed by atoms with E-state index in [2.05, 4.69) is 10.4 Å². The summed E-state index contributed by atoms with van der Waals surface area (Å²) in [7, 11) is 0. The fourth-order valence-corrected chi connectivity index (χ4v) is 3.60. The fraction of sp³-hybridized carbons (Fsp3) is 0.500. The molecule has 0 saturated heterocycles. The van der Waals surface area contributed by atoms with E-state index in [0.29, 0.717) is 13.1 Å². The topological polar surface area (TPSA) is 50.2 Å². The van der Waals surface area contributed by atoms with Crippen LogP contribution in [-0.4, -0.2) is 39.9 Å². The minimum Gasteiger partial charge on any atom is -0.363 e. The molecule has 28 heavy (non-hydrogen) atoms. The third-order valence-corrected chi connectivity index (χ3v) is 5.31. The number of fused-ring (bicyclic) bond motifs is 1. The minimum atomic E-state index is -4.46. The molecule has 1 aromatic heterocycles. The predicted molar refractivity (Wildman–Crippen MR) is 101 cm³/mol. The Morgan fingerprint density at radius 2 is 1.86 bits per heavy atom. The zero-order chi connectivity index (χ0) is 20.5. The van der Waals surface area contributed by atoms with Crippen LogP contribution in [-0.2, 0) is 6.42 Å². The number of nitrogens with one attached hydrogen (secondary N) is 1. The molecule has 0 radical (unpaired) electrons. The molecule has 2 atom stereocenters. The van der Waals surface area contributed by atoms with E-state index in [9.17, 15) is 18.0 Å². The number of hydrogen-bond donors (Lipinski definition) is 1. The average molecular weight is 394 g/mol. The maximum absolute atomic E-state index is 13.7. The second-order valence-corrected chi connectivity index (χ2v) is 6.91. The van der Waals surface area contributed by atoms with Crippen LogP contribution < -0.4 is 5.32 Å². The van der Waals surface area contributed by atoms with E-state index in [1.807, 2.05) is 45.0 Å². The number of aromatic nitrogens is 2. The van der Waals surface area contributed by atoms with Gasteiger partial charge in [0.25, 0.3) is 5.91 Å². The molecular formula is C20H25F3N4O. The molecule has 2 heterocycles. The van der Waals surface area contributed by atoms with Gasteiger partial charge in [-0.05, 0) is 31.4 Å². The van der Waals surface area contributed by atoms with E-state index in [4.69, 9.17) is 0 Å². The molecule has 1 N–H and O–H groups in total. The first kappa shape index (κ1) is 20.2. The third-order valence-electron chi connectivity index (χ3n) is 5.31. The number of nitrogens with zero attached hydrogens (tertiary/aromatic N) is 3. The van der Waals surface area contributed by atoms with E-state index in [0.717, 1.165) is 22.2 Å². The zero-order valence-electron chi connectivity index (χ0n) is 16.3. The van der Waals surface area contributed by atoms with Crippen LogP contribution in [0.25, 0.3) is 0 Å². The van der Waals surface area contributed by atoms with Crippen molar-refractivity contribution in [2.75, 3.05) is 18.4 Å². The number of alkyl halides is 3. The van der Waals surface area contributed by atoms with Crippen molar-refractivity contribution < 1.29 is 18.0 Å². The molecule has 3 rings (SSSR count). The van der Waals surface area contributed by atoms with E-state index < -0.39 is 18.3 Å². The van der Waals surface area contributed by atoms with Crippen LogP contribution in [0.1, 0.15) is 60.8 Å². The lowest BCUT2D eigenvalue weighted by atomic mass is 9.95. The molecule has 0 fully saturated rings. The molecule has 0 unspecified atom stereocenters. The molecule has 1 aliphatic rings. The van der Waals surface area contributed by atoms with Gasteiger partial charge >= 0.3 is 6.18 Å². The highest BCUT2D eigenvalue weighted by atomic mass is 19.4. The van der Waals surface area contributed by atoms with Crippen molar-refractivity contribution in [3.63, 3.8) is 0 Å². The number of halogens is 3. The normalized spacial score (nSPS) is 19.1. The maximum atomic E-state index is 13.7. The predicted octanol–water partition coefficient (Wildman–Crippen LogP) is 4.59. The molecule has 5 nitrogen and oxygen atoms in total. The number of aryl methyl sites for hydroxylation is 1. The van der Waals surface area contributed by atoms with Crippen molar-refractivity contribution in [3.05, 3.63) is 47.2 Å². The third kappa shape index (κ3) is 3.72. The molecule has 0 aliphatic carbocycles. The van der Waals surface area contributed by atoms with Gasteiger partial charge < -0.3 is 10.2 Å². The zero-order valence-corrected chi connectivity index (χ0v) is 16.3. The molecule has 0 spiro atoms. The Morgan fingerprint density at radius 1 is 1.21 bits per heavy atom. The van der Waals surface area contributed by atoms with Gasteiger partial charge in [-0.1, -0.05) is 31.2 Å². The lowest BCUT2D eigenvalue weighted by molar-refractivity contribution is -0.173. The Labute approximate surface area is 162 Å². The van der Waals surface area contributed by atoms with Gasteiger partial charge in [-0.2, -0.15) is 18.3 Å². The Hall–Kier alpha value is -2.51. The van der Waals surface area contributed by atoms with Crippen LogP contribution in [0.4, 0.5) is 19.0 Å². The van der Waals surface area contributed by atoms with Crippen molar-refractivity contribution in [2.45, 2.75) is 51.9 Å². The number of carbonyl (C=O) groups excluding carboxylic acids is 1. The minimum absolute atomic E-state index is 0.134. The van der Waals surface area contributed by atoms with Gasteiger partial charge in [0.2, 0.25) is 0 Å². The van der Waals surface area contributed by atoms with Crippen molar-refractivity contribution in [3.8, 4) is 0 Å². The Morgan fingerprint density at radius 3 is 2.39 bits per heavy atom. The molecule has 8 heteroatoms. The summed E-state index contributed by atoms with van der Waals surface area (Å²) in [5, 5.41) is 7.06. The first-order valence-electron chi connectivity index (χ1n) is 9.58. The molecule has 1 amide bonds. The van der Waals surface area contributed by atoms with Gasteiger partial charge in [0.05, 0.1) is 12.2 Å². The van der Waals surface area contributed by atoms with Gasteiger partial charge in [0, 0.05) is 19.5 Å². The summed E-state index contributed by atoms with van der Waals surface area (Å²) >= 11 is 0. The summed E-state index contributed by atoms with van der Waals surface area (Å²) in [6, 6.07) is 5.22. The number of carbonyl (C=O) groups is 1. The van der Waals surface area contributed by atoms with Crippen LogP contribution in [0, 0.1) is 0 Å². The molecule has 1 aromatic carbocycles. The van der Waals surface area contributed by atoms with Crippen molar-refractivity contribution in [1.29, 1.82) is 0 Å². The van der Waals surface area contributed by atoms with Crippen LogP contribution in [0.15, 0.2) is 30.5 Å². The molecule has 0 bridgehead atoms. The Balaban J connectivity index is 2.01. The SMILES string of the molecule is CCc1ccc([C@H]2C[C@@H](C(F)(F)F)n3ncc(C(=O)N(CC)CC)c3N2)cc1. The van der Waals surface area contributed by atoms with E-state index in [1.54, 1.807) is 4.90 Å². The summed E-state index contributed by atoms with van der Waals surface area (Å²) in [4.78, 5) is 14.3. The van der Waals surface area contributed by atoms with E-state index in [-0.39, 0.29) is 23.7 Å².